The SMILES string of the molecule is O=C([O-])CCS(=O)(=O)CCC(=O)[O-].[Na+].[Na+]. The van der Waals surface area contributed by atoms with E-state index in [2.05, 4.69) is 0 Å². The maximum absolute atomic E-state index is 10.9. The maximum atomic E-state index is 10.9. The normalized spacial score (nSPS) is 9.60. The van der Waals surface area contributed by atoms with Crippen molar-refractivity contribution in [3.63, 3.8) is 0 Å². The Kier molecular flexibility index (Phi) is 14.2. The third-order valence-electron chi connectivity index (χ3n) is 1.23. The van der Waals surface area contributed by atoms with Gasteiger partial charge in [0.05, 0.1) is 11.5 Å². The summed E-state index contributed by atoms with van der Waals surface area (Å²) in [6, 6.07) is 0. The van der Waals surface area contributed by atoms with Gasteiger partial charge in [-0.2, -0.15) is 0 Å². The van der Waals surface area contributed by atoms with Gasteiger partial charge in [-0.25, -0.2) is 8.42 Å². The number of sulfone groups is 1. The Bertz CT molecular complexity index is 275. The summed E-state index contributed by atoms with van der Waals surface area (Å²) in [6.07, 6.45) is -1.23. The van der Waals surface area contributed by atoms with Gasteiger partial charge in [-0.15, -0.1) is 0 Å². The average molecular weight is 254 g/mol. The molecule has 0 aliphatic heterocycles. The molecule has 0 bridgehead atoms. The van der Waals surface area contributed by atoms with Crippen molar-refractivity contribution in [3.05, 3.63) is 0 Å². The van der Waals surface area contributed by atoms with Crippen molar-refractivity contribution < 1.29 is 87.3 Å². The zero-order valence-electron chi connectivity index (χ0n) is 8.69. The topological polar surface area (TPSA) is 114 Å². The molecule has 6 nitrogen and oxygen atoms in total. The van der Waals surface area contributed by atoms with Gasteiger partial charge in [0, 0.05) is 24.8 Å². The summed E-state index contributed by atoms with van der Waals surface area (Å²) in [4.78, 5) is 19.8. The van der Waals surface area contributed by atoms with Crippen LogP contribution in [0.5, 0.6) is 0 Å². The van der Waals surface area contributed by atoms with Gasteiger partial charge in [-0.3, -0.25) is 0 Å². The summed E-state index contributed by atoms with van der Waals surface area (Å²) in [7, 11) is -3.61. The minimum absolute atomic E-state index is 0. The fraction of sp³-hybridized carbons (Fsp3) is 0.667. The predicted octanol–water partition coefficient (Wildman–Crippen LogP) is -9.31. The summed E-state index contributed by atoms with van der Waals surface area (Å²) >= 11 is 0. The molecule has 0 radical (unpaired) electrons. The van der Waals surface area contributed by atoms with E-state index in [0.717, 1.165) is 0 Å². The molecule has 0 saturated carbocycles. The van der Waals surface area contributed by atoms with Gasteiger partial charge < -0.3 is 19.8 Å². The van der Waals surface area contributed by atoms with Crippen LogP contribution in [-0.4, -0.2) is 31.9 Å². The number of hydrogen-bond acceptors (Lipinski definition) is 6. The molecule has 0 fully saturated rings. The summed E-state index contributed by atoms with van der Waals surface area (Å²) in [5, 5.41) is 19.8. The number of carboxylic acid groups (broad SMARTS) is 2. The third-order valence-corrected chi connectivity index (χ3v) is 2.89. The first-order chi connectivity index (χ1) is 5.83. The van der Waals surface area contributed by atoms with E-state index in [1.807, 2.05) is 0 Å². The first-order valence-corrected chi connectivity index (χ1v) is 5.26. The quantitative estimate of drug-likeness (QED) is 0.435. The minimum Gasteiger partial charge on any atom is -0.550 e. The number of carbonyl (C=O) groups excluding carboxylic acids is 2. The second kappa shape index (κ2) is 10.1. The molecule has 0 aliphatic rings. The summed E-state index contributed by atoms with van der Waals surface area (Å²) in [5.74, 6) is -4.14. The van der Waals surface area contributed by atoms with Gasteiger partial charge in [0.15, 0.2) is 9.84 Å². The van der Waals surface area contributed by atoms with E-state index in [1.54, 1.807) is 0 Å². The molecule has 0 atom stereocenters. The van der Waals surface area contributed by atoms with Crippen LogP contribution in [0.25, 0.3) is 0 Å². The van der Waals surface area contributed by atoms with E-state index in [4.69, 9.17) is 0 Å². The van der Waals surface area contributed by atoms with Crippen LogP contribution in [0.2, 0.25) is 0 Å². The van der Waals surface area contributed by atoms with Gasteiger partial charge in [0.25, 0.3) is 0 Å². The summed E-state index contributed by atoms with van der Waals surface area (Å²) in [6.45, 7) is 0. The molecule has 76 valence electrons. The van der Waals surface area contributed by atoms with E-state index in [0.29, 0.717) is 0 Å². The first-order valence-electron chi connectivity index (χ1n) is 3.43. The largest absolute Gasteiger partial charge is 1.00 e. The summed E-state index contributed by atoms with van der Waals surface area (Å²) < 4.78 is 21.7. The van der Waals surface area contributed by atoms with Crippen molar-refractivity contribution in [2.75, 3.05) is 11.5 Å². The Labute approximate surface area is 132 Å². The molecule has 0 heterocycles. The minimum atomic E-state index is -3.61. The molecule has 0 unspecified atom stereocenters. The van der Waals surface area contributed by atoms with Crippen LogP contribution in [0.3, 0.4) is 0 Å². The Balaban J connectivity index is -0.000000720. The van der Waals surface area contributed by atoms with Crippen molar-refractivity contribution >= 4 is 21.8 Å². The van der Waals surface area contributed by atoms with E-state index in [1.165, 1.54) is 0 Å². The zero-order chi connectivity index (χ0) is 10.5. The molecule has 0 aromatic carbocycles. The molecule has 0 aliphatic carbocycles. The van der Waals surface area contributed by atoms with Crippen LogP contribution in [0.1, 0.15) is 12.8 Å². The number of hydrogen-bond donors (Lipinski definition) is 0. The van der Waals surface area contributed by atoms with Gasteiger partial charge in [0.1, 0.15) is 0 Å². The van der Waals surface area contributed by atoms with Crippen LogP contribution >= 0.6 is 0 Å². The van der Waals surface area contributed by atoms with Crippen LogP contribution in [-0.2, 0) is 19.4 Å². The molecule has 0 N–H and O–H groups in total. The Morgan fingerprint density at radius 3 is 1.33 bits per heavy atom. The fourth-order valence-corrected chi connectivity index (χ4v) is 1.74. The molecule has 0 aromatic rings. The Hall–Kier alpha value is 0.890. The number of carboxylic acids is 2. The monoisotopic (exact) mass is 254 g/mol. The van der Waals surface area contributed by atoms with E-state index in [9.17, 15) is 28.2 Å². The molecule has 0 rings (SSSR count). The molecule has 0 amide bonds. The molecule has 0 saturated heterocycles. The van der Waals surface area contributed by atoms with Crippen LogP contribution < -0.4 is 69.3 Å². The molecular formula is C6H8Na2O6S. The number of rotatable bonds is 6. The Morgan fingerprint density at radius 2 is 1.13 bits per heavy atom. The van der Waals surface area contributed by atoms with Gasteiger partial charge in [-0.1, -0.05) is 0 Å². The second-order valence-electron chi connectivity index (χ2n) is 2.40. The number of aliphatic carboxylic acids is 2. The summed E-state index contributed by atoms with van der Waals surface area (Å²) in [5.41, 5.74) is 0. The fourth-order valence-electron chi connectivity index (χ4n) is 0.580. The third kappa shape index (κ3) is 14.9. The molecule has 15 heavy (non-hydrogen) atoms. The molecule has 0 spiro atoms. The first kappa shape index (κ1) is 21.2. The predicted molar refractivity (Wildman–Crippen MR) is 37.9 cm³/mol. The van der Waals surface area contributed by atoms with Gasteiger partial charge in [-0.05, 0) is 0 Å². The van der Waals surface area contributed by atoms with Crippen molar-refractivity contribution in [2.24, 2.45) is 0 Å². The average Bonchev–Trinajstić information content (AvgIpc) is 1.98. The second-order valence-corrected chi connectivity index (χ2v) is 4.70. The van der Waals surface area contributed by atoms with E-state index < -0.39 is 46.1 Å². The van der Waals surface area contributed by atoms with Gasteiger partial charge in [0.2, 0.25) is 0 Å². The smallest absolute Gasteiger partial charge is 0.550 e. The van der Waals surface area contributed by atoms with Crippen molar-refractivity contribution in [2.45, 2.75) is 12.8 Å². The Morgan fingerprint density at radius 1 is 0.867 bits per heavy atom. The van der Waals surface area contributed by atoms with Crippen molar-refractivity contribution in [1.82, 2.24) is 0 Å². The van der Waals surface area contributed by atoms with Gasteiger partial charge >= 0.3 is 59.1 Å². The van der Waals surface area contributed by atoms with Crippen LogP contribution in [0.4, 0.5) is 0 Å². The number of carbonyl (C=O) groups is 2. The van der Waals surface area contributed by atoms with Crippen LogP contribution in [0.15, 0.2) is 0 Å². The van der Waals surface area contributed by atoms with E-state index >= 15 is 0 Å². The van der Waals surface area contributed by atoms with Crippen LogP contribution in [0, 0.1) is 0 Å². The standard InChI is InChI=1S/C6H10O6S.2Na/c7-5(8)1-3-13(11,12)4-2-6(9)10;;/h1-4H2,(H,7,8)(H,9,10);;/q;2*+1/p-2. The molecular weight excluding hydrogens is 246 g/mol. The molecule has 0 aromatic heterocycles. The van der Waals surface area contributed by atoms with Crippen molar-refractivity contribution in [1.29, 1.82) is 0 Å². The molecule has 9 heteroatoms. The van der Waals surface area contributed by atoms with Crippen molar-refractivity contribution in [3.8, 4) is 0 Å². The zero-order valence-corrected chi connectivity index (χ0v) is 13.5. The van der Waals surface area contributed by atoms with E-state index in [-0.39, 0.29) is 59.1 Å². The maximum Gasteiger partial charge on any atom is 1.00 e.